The van der Waals surface area contributed by atoms with Crippen LogP contribution in [-0.4, -0.2) is 26.6 Å². The maximum absolute atomic E-state index is 12.2. The third kappa shape index (κ3) is 4.25. The van der Waals surface area contributed by atoms with Crippen molar-refractivity contribution in [1.82, 2.24) is 9.71 Å². The summed E-state index contributed by atoms with van der Waals surface area (Å²) < 4.78 is 0.948. The van der Waals surface area contributed by atoms with E-state index in [4.69, 9.17) is 5.26 Å². The van der Waals surface area contributed by atoms with Crippen LogP contribution in [0.5, 0.6) is 0 Å². The number of hydrogen-bond donors (Lipinski definition) is 2. The Morgan fingerprint density at radius 3 is 2.44 bits per heavy atom. The predicted octanol–water partition coefficient (Wildman–Crippen LogP) is 4.67. The molecule has 0 saturated heterocycles. The monoisotopic (exact) mass is 422 g/mol. The van der Waals surface area contributed by atoms with Crippen molar-refractivity contribution in [2.75, 3.05) is 5.32 Å². The number of fused-ring (bicyclic) bond motifs is 1. The second-order valence-corrected chi connectivity index (χ2v) is 7.14. The molecule has 7 nitrogen and oxygen atoms in total. The van der Waals surface area contributed by atoms with Gasteiger partial charge in [-0.25, -0.2) is 4.98 Å². The summed E-state index contributed by atoms with van der Waals surface area (Å²) in [4.78, 5) is 27.9. The molecule has 1 aromatic heterocycles. The van der Waals surface area contributed by atoms with Gasteiger partial charge in [-0.1, -0.05) is 24.3 Å². The van der Waals surface area contributed by atoms with E-state index in [1.165, 1.54) is 13.0 Å². The molecule has 0 atom stereocenters. The zero-order valence-corrected chi connectivity index (χ0v) is 17.1. The van der Waals surface area contributed by atoms with E-state index in [2.05, 4.69) is 10.3 Å². The van der Waals surface area contributed by atoms with Crippen LogP contribution in [0.4, 0.5) is 5.69 Å². The van der Waals surface area contributed by atoms with Crippen molar-refractivity contribution in [3.05, 3.63) is 89.5 Å². The van der Waals surface area contributed by atoms with E-state index < -0.39 is 0 Å². The molecular formula is C25H18N4O3. The first-order valence-corrected chi connectivity index (χ1v) is 9.77. The van der Waals surface area contributed by atoms with Gasteiger partial charge in [0.2, 0.25) is 5.91 Å². The lowest BCUT2D eigenvalue weighted by Gasteiger charge is -2.05. The van der Waals surface area contributed by atoms with E-state index in [0.717, 1.165) is 10.3 Å². The van der Waals surface area contributed by atoms with Crippen LogP contribution in [0.1, 0.15) is 28.4 Å². The Bertz CT molecular complexity index is 1390. The molecule has 1 amide bonds. The molecule has 0 aliphatic carbocycles. The van der Waals surface area contributed by atoms with Gasteiger partial charge in [-0.05, 0) is 61.0 Å². The van der Waals surface area contributed by atoms with Gasteiger partial charge in [-0.2, -0.15) is 9.99 Å². The van der Waals surface area contributed by atoms with Crippen LogP contribution >= 0.6 is 0 Å². The summed E-state index contributed by atoms with van der Waals surface area (Å²) in [5.41, 5.74) is 4.11. The van der Waals surface area contributed by atoms with Gasteiger partial charge in [0, 0.05) is 22.9 Å². The average Bonchev–Trinajstić information content (AvgIpc) is 3.14. The number of hydrogen-bond acceptors (Lipinski definition) is 5. The number of aromatic nitrogens is 2. The van der Waals surface area contributed by atoms with E-state index in [9.17, 15) is 14.8 Å². The SMILES string of the molecule is CC(=O)c1ccc(/C=C/C(=O)Nc2ccc(-c3nc4ccc(C#N)cc4n3O)cc2)cc1. The van der Waals surface area contributed by atoms with Crippen LogP contribution in [0.25, 0.3) is 28.5 Å². The highest BCUT2D eigenvalue weighted by Gasteiger charge is 2.13. The molecule has 0 saturated carbocycles. The number of ketones is 1. The minimum atomic E-state index is -0.299. The predicted molar refractivity (Wildman–Crippen MR) is 121 cm³/mol. The number of amides is 1. The molecule has 0 aliphatic rings. The molecule has 2 N–H and O–H groups in total. The summed E-state index contributed by atoms with van der Waals surface area (Å²) in [6.45, 7) is 1.50. The van der Waals surface area contributed by atoms with Crippen molar-refractivity contribution in [2.24, 2.45) is 0 Å². The average molecular weight is 422 g/mol. The summed E-state index contributed by atoms with van der Waals surface area (Å²) in [6, 6.07) is 20.8. The number of benzene rings is 3. The van der Waals surface area contributed by atoms with Crippen LogP contribution in [-0.2, 0) is 4.79 Å². The zero-order valence-electron chi connectivity index (χ0n) is 17.1. The zero-order chi connectivity index (χ0) is 22.7. The summed E-state index contributed by atoms with van der Waals surface area (Å²) in [5, 5.41) is 22.3. The molecule has 3 aromatic carbocycles. The molecule has 7 heteroatoms. The molecule has 0 unspecified atom stereocenters. The summed E-state index contributed by atoms with van der Waals surface area (Å²) >= 11 is 0. The number of rotatable bonds is 5. The maximum atomic E-state index is 12.2. The van der Waals surface area contributed by atoms with Gasteiger partial charge in [0.05, 0.1) is 17.1 Å². The molecule has 0 radical (unpaired) electrons. The number of Topliss-reactive ketones (excluding diaryl/α,β-unsaturated/α-hetero) is 1. The van der Waals surface area contributed by atoms with Crippen LogP contribution in [0.2, 0.25) is 0 Å². The number of carbonyl (C=O) groups excluding carboxylic acids is 2. The second kappa shape index (κ2) is 8.58. The minimum absolute atomic E-state index is 0.00889. The van der Waals surface area contributed by atoms with E-state index in [0.29, 0.717) is 39.2 Å². The Balaban J connectivity index is 1.46. The van der Waals surface area contributed by atoms with E-state index in [-0.39, 0.29) is 11.7 Å². The minimum Gasteiger partial charge on any atom is -0.426 e. The number of nitrogens with zero attached hydrogens (tertiary/aromatic N) is 3. The largest absolute Gasteiger partial charge is 0.426 e. The third-order valence-corrected chi connectivity index (χ3v) is 4.91. The van der Waals surface area contributed by atoms with E-state index in [1.807, 2.05) is 6.07 Å². The van der Waals surface area contributed by atoms with Gasteiger partial charge in [0.25, 0.3) is 0 Å². The Morgan fingerprint density at radius 2 is 1.78 bits per heavy atom. The molecule has 0 spiro atoms. The normalized spacial score (nSPS) is 10.9. The number of nitriles is 1. The first kappa shape index (κ1) is 20.6. The van der Waals surface area contributed by atoms with Crippen LogP contribution in [0, 0.1) is 11.3 Å². The summed E-state index contributed by atoms with van der Waals surface area (Å²) in [5.74, 6) is 0.0269. The highest BCUT2D eigenvalue weighted by Crippen LogP contribution is 2.25. The number of anilines is 1. The molecule has 4 rings (SSSR count). The highest BCUT2D eigenvalue weighted by molar-refractivity contribution is 6.02. The molecule has 0 aliphatic heterocycles. The first-order valence-electron chi connectivity index (χ1n) is 9.77. The lowest BCUT2D eigenvalue weighted by molar-refractivity contribution is -0.111. The molecule has 156 valence electrons. The first-order chi connectivity index (χ1) is 15.4. The van der Waals surface area contributed by atoms with Gasteiger partial charge in [-0.15, -0.1) is 0 Å². The van der Waals surface area contributed by atoms with Gasteiger partial charge in [-0.3, -0.25) is 9.59 Å². The standard InChI is InChI=1S/C25H18N4O3/c1-16(30)19-6-2-17(3-7-19)5-13-24(31)27-21-10-8-20(9-11-21)25-28-22-12-4-18(15-26)14-23(22)29(25)32/h2-14,32H,1H3,(H,27,31)/b13-5+. The highest BCUT2D eigenvalue weighted by atomic mass is 16.5. The van der Waals surface area contributed by atoms with Crippen LogP contribution < -0.4 is 5.32 Å². The topological polar surface area (TPSA) is 108 Å². The fourth-order valence-electron chi connectivity index (χ4n) is 3.21. The Morgan fingerprint density at radius 1 is 1.06 bits per heavy atom. The number of nitrogens with one attached hydrogen (secondary N) is 1. The van der Waals surface area contributed by atoms with E-state index in [1.54, 1.807) is 72.8 Å². The summed E-state index contributed by atoms with van der Waals surface area (Å²) in [7, 11) is 0. The molecular weight excluding hydrogens is 404 g/mol. The van der Waals surface area contributed by atoms with Gasteiger partial charge >= 0.3 is 0 Å². The van der Waals surface area contributed by atoms with Crippen molar-refractivity contribution in [2.45, 2.75) is 6.92 Å². The fourth-order valence-corrected chi connectivity index (χ4v) is 3.21. The van der Waals surface area contributed by atoms with Crippen LogP contribution in [0.3, 0.4) is 0 Å². The third-order valence-electron chi connectivity index (χ3n) is 4.91. The van der Waals surface area contributed by atoms with Gasteiger partial charge in [0.15, 0.2) is 11.6 Å². The second-order valence-electron chi connectivity index (χ2n) is 7.14. The van der Waals surface area contributed by atoms with E-state index >= 15 is 0 Å². The Hall–Kier alpha value is -4.70. The molecule has 32 heavy (non-hydrogen) atoms. The molecule has 1 heterocycles. The fraction of sp³-hybridized carbons (Fsp3) is 0.0400. The van der Waals surface area contributed by atoms with Crippen molar-refractivity contribution >= 4 is 34.5 Å². The smallest absolute Gasteiger partial charge is 0.248 e. The van der Waals surface area contributed by atoms with Crippen molar-refractivity contribution in [1.29, 1.82) is 5.26 Å². The Labute approximate surface area is 183 Å². The van der Waals surface area contributed by atoms with Gasteiger partial charge < -0.3 is 10.5 Å². The van der Waals surface area contributed by atoms with Gasteiger partial charge in [0.1, 0.15) is 5.52 Å². The number of carbonyl (C=O) groups is 2. The molecule has 4 aromatic rings. The lowest BCUT2D eigenvalue weighted by atomic mass is 10.1. The van der Waals surface area contributed by atoms with Crippen molar-refractivity contribution in [3.8, 4) is 17.5 Å². The van der Waals surface area contributed by atoms with Crippen LogP contribution in [0.15, 0.2) is 72.8 Å². The maximum Gasteiger partial charge on any atom is 0.248 e. The quantitative estimate of drug-likeness (QED) is 0.276. The lowest BCUT2D eigenvalue weighted by Crippen LogP contribution is -2.07. The van der Waals surface area contributed by atoms with Crippen molar-refractivity contribution in [3.63, 3.8) is 0 Å². The van der Waals surface area contributed by atoms with Crippen molar-refractivity contribution < 1.29 is 14.8 Å². The molecule has 0 bridgehead atoms. The number of imidazole rings is 1. The summed E-state index contributed by atoms with van der Waals surface area (Å²) in [6.07, 6.45) is 3.08. The Kier molecular flexibility index (Phi) is 5.51. The molecule has 0 fully saturated rings.